The van der Waals surface area contributed by atoms with Crippen molar-refractivity contribution in [3.05, 3.63) is 0 Å². The maximum Gasteiger partial charge on any atom is 0.179 e. The molecule has 11 heavy (non-hydrogen) atoms. The molecule has 0 saturated heterocycles. The third-order valence-electron chi connectivity index (χ3n) is 1.21. The molecule has 4 heteroatoms. The average molecular weight is 238 g/mol. The molecule has 0 fully saturated rings. The molecular weight excluding hydrogens is 221 g/mol. The molecule has 0 nitrogen and oxygen atoms in total. The van der Waals surface area contributed by atoms with Gasteiger partial charge in [0.15, 0.2) is 5.98 Å². The summed E-state index contributed by atoms with van der Waals surface area (Å²) in [5, 5.41) is 0. The van der Waals surface area contributed by atoms with Crippen LogP contribution in [0.2, 0.25) is 0 Å². The molecule has 0 spiro atoms. The molecule has 0 unspecified atom stereocenters. The van der Waals surface area contributed by atoms with E-state index in [-0.39, 0.29) is 0 Å². The lowest BCUT2D eigenvalue weighted by Crippen LogP contribution is -1.70. The van der Waals surface area contributed by atoms with Crippen LogP contribution >= 0.6 is 39.7 Å². The molecule has 0 bridgehead atoms. The smallest absolute Gasteiger partial charge is 0.0654 e. The van der Waals surface area contributed by atoms with Gasteiger partial charge in [0.25, 0.3) is 0 Å². The zero-order valence-corrected chi connectivity index (χ0v) is 10.3. The second-order valence-electron chi connectivity index (χ2n) is 2.25. The first-order chi connectivity index (χ1) is 5.15. The Morgan fingerprint density at radius 3 is 1.27 bits per heavy atom. The monoisotopic (exact) mass is 236 g/mol. The fourth-order valence-electron chi connectivity index (χ4n) is 0.677. The number of hydrogen-bond acceptors (Lipinski definition) is 0. The largest absolute Gasteiger partial charge is 0.179 e. The Morgan fingerprint density at radius 1 is 0.818 bits per heavy atom. The molecule has 0 saturated carbocycles. The molecule has 0 aromatic rings. The van der Waals surface area contributed by atoms with Gasteiger partial charge >= 0.3 is 0 Å². The van der Waals surface area contributed by atoms with Gasteiger partial charge < -0.3 is 0 Å². The second-order valence-corrected chi connectivity index (χ2v) is 7.24. The van der Waals surface area contributed by atoms with Crippen molar-refractivity contribution in [3.8, 4) is 0 Å². The van der Waals surface area contributed by atoms with E-state index in [9.17, 15) is 0 Å². The minimum atomic E-state index is -1.20. The van der Waals surface area contributed by atoms with Crippen LogP contribution in [0.1, 0.15) is 46.0 Å². The van der Waals surface area contributed by atoms with E-state index in [4.69, 9.17) is 33.7 Å². The van der Waals surface area contributed by atoms with Crippen molar-refractivity contribution in [2.24, 2.45) is 0 Å². The van der Waals surface area contributed by atoms with Crippen LogP contribution in [-0.4, -0.2) is 0 Å². The third-order valence-corrected chi connectivity index (χ3v) is 1.21. The van der Waals surface area contributed by atoms with E-state index in [0.29, 0.717) is 0 Å². The maximum atomic E-state index is 4.87. The van der Waals surface area contributed by atoms with Crippen LogP contribution in [0.25, 0.3) is 0 Å². The van der Waals surface area contributed by atoms with Crippen LogP contribution in [-0.2, 0) is 0 Å². The van der Waals surface area contributed by atoms with Crippen LogP contribution in [0.5, 0.6) is 0 Å². The van der Waals surface area contributed by atoms with Gasteiger partial charge in [-0.1, -0.05) is 79.7 Å². The molecule has 0 aliphatic rings. The van der Waals surface area contributed by atoms with Crippen molar-refractivity contribution in [2.45, 2.75) is 46.0 Å². The second kappa shape index (κ2) is 13.9. The molecule has 0 amide bonds. The summed E-state index contributed by atoms with van der Waals surface area (Å²) in [4.78, 5) is 0. The molecule has 0 radical (unpaired) electrons. The summed E-state index contributed by atoms with van der Waals surface area (Å²) in [7, 11) is 0. The highest BCUT2D eigenvalue weighted by atomic mass is 36.0. The van der Waals surface area contributed by atoms with Crippen molar-refractivity contribution in [2.75, 3.05) is 0 Å². The SMILES string of the molecule is CCCCCCC.ClP(Cl)Cl. The van der Waals surface area contributed by atoms with Gasteiger partial charge in [-0.3, -0.25) is 0 Å². The summed E-state index contributed by atoms with van der Waals surface area (Å²) in [6, 6.07) is 0. The summed E-state index contributed by atoms with van der Waals surface area (Å²) >= 11 is 14.6. The van der Waals surface area contributed by atoms with Crippen LogP contribution in [0, 0.1) is 0 Å². The van der Waals surface area contributed by atoms with Crippen molar-refractivity contribution < 1.29 is 0 Å². The number of rotatable bonds is 4. The van der Waals surface area contributed by atoms with Crippen LogP contribution < -0.4 is 0 Å². The Bertz CT molecular complexity index is 52.9. The standard InChI is InChI=1S/C7H16.Cl3P/c1-3-5-7-6-4-2;1-4(2)3/h3-7H2,1-2H3;. The highest BCUT2D eigenvalue weighted by Crippen LogP contribution is 2.51. The van der Waals surface area contributed by atoms with Gasteiger partial charge in [0, 0.05) is 0 Å². The molecule has 0 N–H and O–H groups in total. The van der Waals surface area contributed by atoms with E-state index in [1.165, 1.54) is 32.1 Å². The predicted molar refractivity (Wildman–Crippen MR) is 58.9 cm³/mol. The van der Waals surface area contributed by atoms with Crippen LogP contribution in [0.3, 0.4) is 0 Å². The van der Waals surface area contributed by atoms with E-state index >= 15 is 0 Å². The lowest BCUT2D eigenvalue weighted by molar-refractivity contribution is 0.656. The first kappa shape index (κ1) is 14.8. The molecule has 0 heterocycles. The fourth-order valence-corrected chi connectivity index (χ4v) is 0.677. The zero-order chi connectivity index (χ0) is 9.11. The van der Waals surface area contributed by atoms with Crippen molar-refractivity contribution in [1.82, 2.24) is 0 Å². The third kappa shape index (κ3) is 34.8. The topological polar surface area (TPSA) is 0 Å². The first-order valence-electron chi connectivity index (χ1n) is 3.92. The average Bonchev–Trinajstić information content (AvgIpc) is 1.88. The number of halogens is 3. The summed E-state index contributed by atoms with van der Waals surface area (Å²) in [5.41, 5.74) is 0. The summed E-state index contributed by atoms with van der Waals surface area (Å²) in [6.45, 7) is 4.49. The van der Waals surface area contributed by atoms with Crippen molar-refractivity contribution in [1.29, 1.82) is 0 Å². The lowest BCUT2D eigenvalue weighted by Gasteiger charge is -1.90. The Kier molecular flexibility index (Phi) is 18.7. The van der Waals surface area contributed by atoms with Gasteiger partial charge in [-0.2, -0.15) is 0 Å². The number of hydrogen-bond donors (Lipinski definition) is 0. The summed E-state index contributed by atoms with van der Waals surface area (Å²) < 4.78 is 0. The van der Waals surface area contributed by atoms with E-state index in [0.717, 1.165) is 0 Å². The Hall–Kier alpha value is 1.30. The van der Waals surface area contributed by atoms with Gasteiger partial charge in [-0.05, 0) is 0 Å². The maximum absolute atomic E-state index is 4.87. The van der Waals surface area contributed by atoms with E-state index in [2.05, 4.69) is 13.8 Å². The normalized spacial score (nSPS) is 9.27. The van der Waals surface area contributed by atoms with Crippen molar-refractivity contribution in [3.63, 3.8) is 0 Å². The van der Waals surface area contributed by atoms with Gasteiger partial charge in [-0.25, -0.2) is 0 Å². The van der Waals surface area contributed by atoms with E-state index < -0.39 is 5.98 Å². The van der Waals surface area contributed by atoms with Crippen molar-refractivity contribution >= 4 is 39.7 Å². The Labute approximate surface area is 85.7 Å². The molecular formula is C7H16Cl3P. The summed E-state index contributed by atoms with van der Waals surface area (Å²) in [6.07, 6.45) is 7.01. The summed E-state index contributed by atoms with van der Waals surface area (Å²) in [5.74, 6) is -1.20. The van der Waals surface area contributed by atoms with Crippen LogP contribution in [0.4, 0.5) is 0 Å². The highest BCUT2D eigenvalue weighted by molar-refractivity contribution is 8.20. The van der Waals surface area contributed by atoms with Crippen LogP contribution in [0.15, 0.2) is 0 Å². The lowest BCUT2D eigenvalue weighted by atomic mass is 10.2. The fraction of sp³-hybridized carbons (Fsp3) is 1.00. The molecule has 0 aromatic carbocycles. The molecule has 0 rings (SSSR count). The van der Waals surface area contributed by atoms with Gasteiger partial charge in [0.05, 0.1) is 0 Å². The van der Waals surface area contributed by atoms with Gasteiger partial charge in [0.1, 0.15) is 0 Å². The number of unbranched alkanes of at least 4 members (excludes halogenated alkanes) is 4. The molecule has 70 valence electrons. The van der Waals surface area contributed by atoms with Gasteiger partial charge in [-0.15, -0.1) is 0 Å². The molecule has 0 aromatic heterocycles. The molecule has 0 aliphatic carbocycles. The molecule has 0 atom stereocenters. The predicted octanol–water partition coefficient (Wildman–Crippen LogP) is 5.91. The quantitative estimate of drug-likeness (QED) is 0.421. The van der Waals surface area contributed by atoms with E-state index in [1.54, 1.807) is 0 Å². The Balaban J connectivity index is 0. The van der Waals surface area contributed by atoms with Gasteiger partial charge in [0.2, 0.25) is 0 Å². The zero-order valence-electron chi connectivity index (χ0n) is 7.12. The Morgan fingerprint density at radius 2 is 1.09 bits per heavy atom. The molecule has 0 aliphatic heterocycles. The first-order valence-corrected chi connectivity index (χ1v) is 7.98. The minimum absolute atomic E-state index is 1.20. The highest BCUT2D eigenvalue weighted by Gasteiger charge is 1.80. The minimum Gasteiger partial charge on any atom is -0.0654 e. The van der Waals surface area contributed by atoms with E-state index in [1.807, 2.05) is 0 Å².